The Kier molecular flexibility index (Phi) is 8.03. The Morgan fingerprint density at radius 3 is 2.35 bits per heavy atom. The van der Waals surface area contributed by atoms with Crippen LogP contribution in [0.3, 0.4) is 0 Å². The van der Waals surface area contributed by atoms with E-state index in [-0.39, 0.29) is 23.7 Å². The zero-order chi connectivity index (χ0) is 17.5. The summed E-state index contributed by atoms with van der Waals surface area (Å²) in [6.07, 6.45) is 3.06. The van der Waals surface area contributed by atoms with Crippen LogP contribution in [0.25, 0.3) is 0 Å². The van der Waals surface area contributed by atoms with Crippen molar-refractivity contribution in [3.63, 3.8) is 0 Å². The monoisotopic (exact) mass is 326 g/mol. The van der Waals surface area contributed by atoms with Gasteiger partial charge in [0.2, 0.25) is 5.91 Å². The van der Waals surface area contributed by atoms with Gasteiger partial charge in [0.25, 0.3) is 0 Å². The molecule has 0 spiro atoms. The van der Waals surface area contributed by atoms with Gasteiger partial charge in [0, 0.05) is 12.5 Å². The van der Waals surface area contributed by atoms with E-state index in [1.165, 1.54) is 0 Å². The van der Waals surface area contributed by atoms with Gasteiger partial charge in [-0.3, -0.25) is 9.59 Å². The van der Waals surface area contributed by atoms with E-state index in [9.17, 15) is 9.59 Å². The summed E-state index contributed by atoms with van der Waals surface area (Å²) in [6, 6.07) is 0. The molecular weight excluding hydrogens is 292 g/mol. The smallest absolute Gasteiger partial charge is 0.306 e. The molecule has 2 N–H and O–H groups in total. The molecule has 0 aromatic rings. The highest BCUT2D eigenvalue weighted by molar-refractivity contribution is 5.78. The quantitative estimate of drug-likeness (QED) is 0.705. The van der Waals surface area contributed by atoms with E-state index in [4.69, 9.17) is 4.74 Å². The van der Waals surface area contributed by atoms with E-state index < -0.39 is 5.60 Å². The van der Waals surface area contributed by atoms with Crippen LogP contribution in [0.5, 0.6) is 0 Å². The van der Waals surface area contributed by atoms with E-state index in [1.807, 2.05) is 20.8 Å². The van der Waals surface area contributed by atoms with Crippen molar-refractivity contribution in [3.8, 4) is 0 Å². The van der Waals surface area contributed by atoms with Crippen LogP contribution in [-0.2, 0) is 14.3 Å². The standard InChI is InChI=1S/C18H34N2O3/c1-13(2)10-14(11-16(21)23-18(3,4)5)12-20-17(22)15-6-8-19-9-7-15/h13-15,19H,6-12H2,1-5H3,(H,20,22)/t14-/m0/s1. The highest BCUT2D eigenvalue weighted by Gasteiger charge is 2.24. The lowest BCUT2D eigenvalue weighted by Crippen LogP contribution is -2.40. The second-order valence-electron chi connectivity index (χ2n) is 8.06. The number of rotatable bonds is 7. The van der Waals surface area contributed by atoms with E-state index in [1.54, 1.807) is 0 Å². The van der Waals surface area contributed by atoms with Crippen LogP contribution in [0.4, 0.5) is 0 Å². The average molecular weight is 326 g/mol. The van der Waals surface area contributed by atoms with Crippen molar-refractivity contribution in [2.24, 2.45) is 17.8 Å². The van der Waals surface area contributed by atoms with Crippen molar-refractivity contribution < 1.29 is 14.3 Å². The number of nitrogens with one attached hydrogen (secondary N) is 2. The molecule has 1 atom stereocenters. The van der Waals surface area contributed by atoms with E-state index in [2.05, 4.69) is 24.5 Å². The first-order chi connectivity index (χ1) is 10.7. The van der Waals surface area contributed by atoms with Crippen LogP contribution in [0.1, 0.15) is 60.3 Å². The molecule has 1 fully saturated rings. The predicted octanol–water partition coefficient (Wildman–Crippen LogP) is 2.50. The Bertz CT molecular complexity index is 382. The number of esters is 1. The largest absolute Gasteiger partial charge is 0.460 e. The minimum absolute atomic E-state index is 0.109. The Morgan fingerprint density at radius 1 is 1.22 bits per heavy atom. The van der Waals surface area contributed by atoms with E-state index >= 15 is 0 Å². The van der Waals surface area contributed by atoms with Crippen LogP contribution in [0.15, 0.2) is 0 Å². The lowest BCUT2D eigenvalue weighted by Gasteiger charge is -2.25. The molecule has 1 amide bonds. The minimum atomic E-state index is -0.461. The minimum Gasteiger partial charge on any atom is -0.460 e. The molecule has 1 aliphatic rings. The van der Waals surface area contributed by atoms with Crippen molar-refractivity contribution in [3.05, 3.63) is 0 Å². The first kappa shape index (κ1) is 19.9. The van der Waals surface area contributed by atoms with Gasteiger partial charge < -0.3 is 15.4 Å². The number of amides is 1. The van der Waals surface area contributed by atoms with Crippen molar-refractivity contribution in [2.75, 3.05) is 19.6 Å². The Morgan fingerprint density at radius 2 is 1.83 bits per heavy atom. The average Bonchev–Trinajstić information content (AvgIpc) is 2.42. The molecule has 23 heavy (non-hydrogen) atoms. The third-order valence-electron chi connectivity index (χ3n) is 3.96. The van der Waals surface area contributed by atoms with Gasteiger partial charge >= 0.3 is 5.97 Å². The molecule has 1 aliphatic heterocycles. The zero-order valence-electron chi connectivity index (χ0n) is 15.4. The van der Waals surface area contributed by atoms with Crippen molar-refractivity contribution >= 4 is 11.9 Å². The van der Waals surface area contributed by atoms with Crippen molar-refractivity contribution in [2.45, 2.75) is 65.9 Å². The summed E-state index contributed by atoms with van der Waals surface area (Å²) < 4.78 is 5.41. The number of carbonyl (C=O) groups excluding carboxylic acids is 2. The lowest BCUT2D eigenvalue weighted by molar-refractivity contribution is -0.156. The number of hydrogen-bond acceptors (Lipinski definition) is 4. The second-order valence-corrected chi connectivity index (χ2v) is 8.06. The molecule has 0 saturated carbocycles. The van der Waals surface area contributed by atoms with Gasteiger partial charge in [0.1, 0.15) is 5.60 Å². The highest BCUT2D eigenvalue weighted by atomic mass is 16.6. The van der Waals surface area contributed by atoms with Crippen LogP contribution >= 0.6 is 0 Å². The lowest BCUT2D eigenvalue weighted by atomic mass is 9.93. The fourth-order valence-corrected chi connectivity index (χ4v) is 3.00. The zero-order valence-corrected chi connectivity index (χ0v) is 15.4. The molecular formula is C18H34N2O3. The normalized spacial score (nSPS) is 17.8. The second kappa shape index (κ2) is 9.26. The molecule has 1 rings (SSSR count). The number of ether oxygens (including phenoxy) is 1. The van der Waals surface area contributed by atoms with Crippen LogP contribution in [-0.4, -0.2) is 37.1 Å². The molecule has 0 aromatic carbocycles. The van der Waals surface area contributed by atoms with Gasteiger partial charge in [0.15, 0.2) is 0 Å². The van der Waals surface area contributed by atoms with Gasteiger partial charge in [0.05, 0.1) is 6.42 Å². The third-order valence-corrected chi connectivity index (χ3v) is 3.96. The molecule has 1 saturated heterocycles. The molecule has 0 bridgehead atoms. The maximum atomic E-state index is 12.2. The number of carbonyl (C=O) groups is 2. The summed E-state index contributed by atoms with van der Waals surface area (Å²) in [7, 11) is 0. The van der Waals surface area contributed by atoms with Crippen LogP contribution in [0, 0.1) is 17.8 Å². The highest BCUT2D eigenvalue weighted by Crippen LogP contribution is 2.19. The molecule has 0 radical (unpaired) electrons. The predicted molar refractivity (Wildman–Crippen MR) is 92.0 cm³/mol. The molecule has 0 aliphatic carbocycles. The van der Waals surface area contributed by atoms with Gasteiger partial charge in [-0.2, -0.15) is 0 Å². The maximum Gasteiger partial charge on any atom is 0.306 e. The molecule has 0 aromatic heterocycles. The summed E-state index contributed by atoms with van der Waals surface area (Å²) >= 11 is 0. The Hall–Kier alpha value is -1.10. The Labute approximate surface area is 140 Å². The molecule has 134 valence electrons. The van der Waals surface area contributed by atoms with Crippen molar-refractivity contribution in [1.29, 1.82) is 0 Å². The summed E-state index contributed by atoms with van der Waals surface area (Å²) in [4.78, 5) is 24.3. The maximum absolute atomic E-state index is 12.2. The molecule has 0 unspecified atom stereocenters. The van der Waals surface area contributed by atoms with Gasteiger partial charge in [-0.15, -0.1) is 0 Å². The Balaban J connectivity index is 2.46. The SMILES string of the molecule is CC(C)C[C@H](CNC(=O)C1CCNCC1)CC(=O)OC(C)(C)C. The third kappa shape index (κ3) is 8.94. The fraction of sp³-hybridized carbons (Fsp3) is 0.889. The van der Waals surface area contributed by atoms with Gasteiger partial charge in [-0.1, -0.05) is 13.8 Å². The van der Waals surface area contributed by atoms with Crippen molar-refractivity contribution in [1.82, 2.24) is 10.6 Å². The summed E-state index contributed by atoms with van der Waals surface area (Å²) in [5, 5.41) is 6.32. The van der Waals surface area contributed by atoms with E-state index in [0.29, 0.717) is 18.9 Å². The van der Waals surface area contributed by atoms with Gasteiger partial charge in [-0.25, -0.2) is 0 Å². The fourth-order valence-electron chi connectivity index (χ4n) is 3.00. The molecule has 1 heterocycles. The summed E-state index contributed by atoms with van der Waals surface area (Å²) in [5.74, 6) is 0.676. The van der Waals surface area contributed by atoms with Crippen LogP contribution in [0.2, 0.25) is 0 Å². The molecule has 5 nitrogen and oxygen atoms in total. The van der Waals surface area contributed by atoms with E-state index in [0.717, 1.165) is 32.4 Å². The van der Waals surface area contributed by atoms with Crippen LogP contribution < -0.4 is 10.6 Å². The first-order valence-electron chi connectivity index (χ1n) is 8.87. The first-order valence-corrected chi connectivity index (χ1v) is 8.87. The summed E-state index contributed by atoms with van der Waals surface area (Å²) in [6.45, 7) is 12.3. The van der Waals surface area contributed by atoms with Gasteiger partial charge in [-0.05, 0) is 65.0 Å². The summed E-state index contributed by atoms with van der Waals surface area (Å²) in [5.41, 5.74) is -0.461. The number of piperidine rings is 1. The number of hydrogen-bond donors (Lipinski definition) is 2. The topological polar surface area (TPSA) is 67.4 Å². The molecule has 5 heteroatoms.